The zero-order valence-corrected chi connectivity index (χ0v) is 15.4. The summed E-state index contributed by atoms with van der Waals surface area (Å²) >= 11 is 6.60. The number of halogens is 2. The molecule has 0 aliphatic heterocycles. The minimum Gasteiger partial charge on any atom is -0.207 e. The summed E-state index contributed by atoms with van der Waals surface area (Å²) in [5.41, 5.74) is 2.15. The summed E-state index contributed by atoms with van der Waals surface area (Å²) in [5, 5.41) is 0. The fourth-order valence-electron chi connectivity index (χ4n) is 2.02. The van der Waals surface area contributed by atoms with E-state index in [-0.39, 0.29) is 11.4 Å². The first-order valence-corrected chi connectivity index (χ1v) is 9.52. The van der Waals surface area contributed by atoms with E-state index in [1.54, 1.807) is 18.2 Å². The van der Waals surface area contributed by atoms with Gasteiger partial charge in [0, 0.05) is 15.5 Å². The van der Waals surface area contributed by atoms with Gasteiger partial charge in [0.15, 0.2) is 0 Å². The van der Waals surface area contributed by atoms with Gasteiger partial charge in [-0.3, -0.25) is 0 Å². The van der Waals surface area contributed by atoms with E-state index in [0.29, 0.717) is 4.47 Å². The van der Waals surface area contributed by atoms with Crippen molar-refractivity contribution in [2.45, 2.75) is 24.8 Å². The highest BCUT2D eigenvalue weighted by Crippen LogP contribution is 2.25. The average molecular weight is 433 g/mol. The van der Waals surface area contributed by atoms with Crippen LogP contribution in [0.1, 0.15) is 18.1 Å². The molecule has 0 bridgehead atoms. The number of benzene rings is 2. The minimum absolute atomic E-state index is 0.236. The predicted molar refractivity (Wildman–Crippen MR) is 91.7 cm³/mol. The van der Waals surface area contributed by atoms with E-state index < -0.39 is 10.0 Å². The van der Waals surface area contributed by atoms with Crippen molar-refractivity contribution in [1.82, 2.24) is 4.72 Å². The number of sulfonamides is 1. The van der Waals surface area contributed by atoms with E-state index >= 15 is 0 Å². The van der Waals surface area contributed by atoms with Crippen molar-refractivity contribution in [3.63, 3.8) is 0 Å². The van der Waals surface area contributed by atoms with Crippen molar-refractivity contribution in [3.05, 3.63) is 62.5 Å². The third-order valence-corrected chi connectivity index (χ3v) is 6.01. The number of hydrogen-bond donors (Lipinski definition) is 1. The van der Waals surface area contributed by atoms with Crippen LogP contribution in [0, 0.1) is 0 Å². The smallest absolute Gasteiger partial charge is 0.207 e. The molecule has 21 heavy (non-hydrogen) atoms. The SMILES string of the molecule is CCc1ccccc1CNS(=O)(=O)c1ccc(Br)cc1Br. The Morgan fingerprint density at radius 2 is 1.71 bits per heavy atom. The van der Waals surface area contributed by atoms with Crippen molar-refractivity contribution >= 4 is 41.9 Å². The Kier molecular flexibility index (Phi) is 5.60. The highest BCUT2D eigenvalue weighted by atomic mass is 79.9. The lowest BCUT2D eigenvalue weighted by atomic mass is 10.1. The van der Waals surface area contributed by atoms with Crippen LogP contribution in [-0.4, -0.2) is 8.42 Å². The van der Waals surface area contributed by atoms with Crippen LogP contribution < -0.4 is 4.72 Å². The summed E-state index contributed by atoms with van der Waals surface area (Å²) in [7, 11) is -3.55. The quantitative estimate of drug-likeness (QED) is 0.767. The molecule has 1 N–H and O–H groups in total. The van der Waals surface area contributed by atoms with Crippen LogP contribution in [0.2, 0.25) is 0 Å². The molecule has 0 atom stereocenters. The van der Waals surface area contributed by atoms with Crippen molar-refractivity contribution in [2.24, 2.45) is 0 Å². The molecule has 2 aromatic rings. The largest absolute Gasteiger partial charge is 0.241 e. The standard InChI is InChI=1S/C15H15Br2NO2S/c1-2-11-5-3-4-6-12(11)10-18-21(19,20)15-8-7-13(16)9-14(15)17/h3-9,18H,2,10H2,1H3. The monoisotopic (exact) mass is 431 g/mol. The average Bonchev–Trinajstić information content (AvgIpc) is 2.45. The van der Waals surface area contributed by atoms with Crippen molar-refractivity contribution in [1.29, 1.82) is 0 Å². The Labute approximate surface area is 142 Å². The van der Waals surface area contributed by atoms with Gasteiger partial charge in [0.1, 0.15) is 0 Å². The summed E-state index contributed by atoms with van der Waals surface area (Å²) in [6, 6.07) is 12.8. The van der Waals surface area contributed by atoms with E-state index in [4.69, 9.17) is 0 Å². The second-order valence-corrected chi connectivity index (χ2v) is 8.03. The first-order valence-electron chi connectivity index (χ1n) is 6.45. The van der Waals surface area contributed by atoms with Gasteiger partial charge in [-0.05, 0) is 51.7 Å². The van der Waals surface area contributed by atoms with Crippen molar-refractivity contribution in [3.8, 4) is 0 Å². The van der Waals surface area contributed by atoms with Crippen molar-refractivity contribution in [2.75, 3.05) is 0 Å². The number of aryl methyl sites for hydroxylation is 1. The lowest BCUT2D eigenvalue weighted by Gasteiger charge is -2.11. The summed E-state index contributed by atoms with van der Waals surface area (Å²) in [5.74, 6) is 0. The molecule has 0 aliphatic carbocycles. The molecular weight excluding hydrogens is 418 g/mol. The first kappa shape index (κ1) is 16.7. The molecule has 2 rings (SSSR count). The van der Waals surface area contributed by atoms with Gasteiger partial charge in [-0.25, -0.2) is 13.1 Å². The maximum atomic E-state index is 12.4. The van der Waals surface area contributed by atoms with Gasteiger partial charge in [-0.1, -0.05) is 47.1 Å². The molecule has 6 heteroatoms. The van der Waals surface area contributed by atoms with E-state index in [9.17, 15) is 8.42 Å². The molecular formula is C15H15Br2NO2S. The number of nitrogens with one attached hydrogen (secondary N) is 1. The lowest BCUT2D eigenvalue weighted by molar-refractivity contribution is 0.580. The van der Waals surface area contributed by atoms with E-state index in [2.05, 4.69) is 43.5 Å². The molecule has 0 radical (unpaired) electrons. The second-order valence-electron chi connectivity index (χ2n) is 4.52. The summed E-state index contributed by atoms with van der Waals surface area (Å²) in [6.45, 7) is 2.34. The van der Waals surface area contributed by atoms with Crippen LogP contribution in [-0.2, 0) is 23.0 Å². The van der Waals surface area contributed by atoms with Gasteiger partial charge in [-0.15, -0.1) is 0 Å². The number of rotatable bonds is 5. The Morgan fingerprint density at radius 3 is 2.33 bits per heavy atom. The van der Waals surface area contributed by atoms with Crippen LogP contribution >= 0.6 is 31.9 Å². The molecule has 0 saturated carbocycles. The Balaban J connectivity index is 2.22. The van der Waals surface area contributed by atoms with Gasteiger partial charge in [0.2, 0.25) is 10.0 Å². The molecule has 0 fully saturated rings. The Bertz CT molecular complexity index is 745. The lowest BCUT2D eigenvalue weighted by Crippen LogP contribution is -2.24. The molecule has 0 heterocycles. The highest BCUT2D eigenvalue weighted by Gasteiger charge is 2.17. The number of hydrogen-bond acceptors (Lipinski definition) is 2. The fourth-order valence-corrected chi connectivity index (χ4v) is 4.77. The molecule has 3 nitrogen and oxygen atoms in total. The van der Waals surface area contributed by atoms with Crippen LogP contribution in [0.3, 0.4) is 0 Å². The third-order valence-electron chi connectivity index (χ3n) is 3.14. The molecule has 112 valence electrons. The molecule has 0 spiro atoms. The first-order chi connectivity index (χ1) is 9.94. The second kappa shape index (κ2) is 7.05. The van der Waals surface area contributed by atoms with Gasteiger partial charge < -0.3 is 0 Å². The van der Waals surface area contributed by atoms with Crippen LogP contribution in [0.15, 0.2) is 56.3 Å². The Hall–Kier alpha value is -0.690. The molecule has 0 amide bonds. The highest BCUT2D eigenvalue weighted by molar-refractivity contribution is 9.11. The maximum Gasteiger partial charge on any atom is 0.241 e. The topological polar surface area (TPSA) is 46.2 Å². The molecule has 0 saturated heterocycles. The van der Waals surface area contributed by atoms with Crippen LogP contribution in [0.4, 0.5) is 0 Å². The van der Waals surface area contributed by atoms with Gasteiger partial charge in [-0.2, -0.15) is 0 Å². The molecule has 2 aromatic carbocycles. The maximum absolute atomic E-state index is 12.4. The fraction of sp³-hybridized carbons (Fsp3) is 0.200. The van der Waals surface area contributed by atoms with Crippen molar-refractivity contribution < 1.29 is 8.42 Å². The zero-order chi connectivity index (χ0) is 15.5. The summed E-state index contributed by atoms with van der Waals surface area (Å²) < 4.78 is 28.8. The Morgan fingerprint density at radius 1 is 1.05 bits per heavy atom. The molecule has 0 aliphatic rings. The van der Waals surface area contributed by atoms with E-state index in [1.807, 2.05) is 24.3 Å². The van der Waals surface area contributed by atoms with Crippen LogP contribution in [0.25, 0.3) is 0 Å². The van der Waals surface area contributed by atoms with Gasteiger partial charge in [0.05, 0.1) is 4.90 Å². The summed E-state index contributed by atoms with van der Waals surface area (Å²) in [4.78, 5) is 0.236. The summed E-state index contributed by atoms with van der Waals surface area (Å²) in [6.07, 6.45) is 0.875. The van der Waals surface area contributed by atoms with Gasteiger partial charge in [0.25, 0.3) is 0 Å². The normalized spacial score (nSPS) is 11.6. The molecule has 0 unspecified atom stereocenters. The third kappa shape index (κ3) is 4.16. The van der Waals surface area contributed by atoms with E-state index in [1.165, 1.54) is 0 Å². The van der Waals surface area contributed by atoms with E-state index in [0.717, 1.165) is 22.0 Å². The molecule has 0 aromatic heterocycles. The zero-order valence-electron chi connectivity index (χ0n) is 11.4. The predicted octanol–water partition coefficient (Wildman–Crippen LogP) is 4.25. The minimum atomic E-state index is -3.55. The van der Waals surface area contributed by atoms with Crippen LogP contribution in [0.5, 0.6) is 0 Å². The van der Waals surface area contributed by atoms with Gasteiger partial charge >= 0.3 is 0 Å².